The Morgan fingerprint density at radius 1 is 1.00 bits per heavy atom. The molecule has 0 bridgehead atoms. The molecular formula is C25H32N6O. The van der Waals surface area contributed by atoms with Crippen LogP contribution in [0.4, 0.5) is 5.82 Å². The molecule has 0 aliphatic carbocycles. The van der Waals surface area contributed by atoms with Crippen LogP contribution in [0.25, 0.3) is 10.9 Å². The minimum absolute atomic E-state index is 0.0127. The molecule has 1 aromatic heterocycles. The van der Waals surface area contributed by atoms with E-state index in [0.29, 0.717) is 18.7 Å². The summed E-state index contributed by atoms with van der Waals surface area (Å²) in [7, 11) is 3.52. The molecule has 1 heterocycles. The SMILES string of the molecule is CCNC(=NCCc1cccc(C(=O)N(C)C)c1)NCCNc1ccc2ccccc2n1. The van der Waals surface area contributed by atoms with Crippen LogP contribution < -0.4 is 16.0 Å². The van der Waals surface area contributed by atoms with Crippen LogP contribution >= 0.6 is 0 Å². The van der Waals surface area contributed by atoms with Crippen molar-refractivity contribution in [2.45, 2.75) is 13.3 Å². The van der Waals surface area contributed by atoms with Crippen LogP contribution in [-0.2, 0) is 6.42 Å². The predicted octanol–water partition coefficient (Wildman–Crippen LogP) is 3.15. The molecule has 0 saturated heterocycles. The van der Waals surface area contributed by atoms with Crippen molar-refractivity contribution >= 4 is 28.6 Å². The van der Waals surface area contributed by atoms with E-state index in [4.69, 9.17) is 0 Å². The van der Waals surface area contributed by atoms with Crippen molar-refractivity contribution in [3.8, 4) is 0 Å². The number of anilines is 1. The zero-order valence-corrected chi connectivity index (χ0v) is 19.1. The fraction of sp³-hybridized carbons (Fsp3) is 0.320. The molecule has 0 radical (unpaired) electrons. The highest BCUT2D eigenvalue weighted by molar-refractivity contribution is 5.94. The third-order valence-corrected chi connectivity index (χ3v) is 4.92. The molecule has 0 aliphatic heterocycles. The van der Waals surface area contributed by atoms with E-state index >= 15 is 0 Å². The maximum atomic E-state index is 12.1. The number of guanidine groups is 1. The van der Waals surface area contributed by atoms with E-state index in [9.17, 15) is 4.79 Å². The molecule has 0 atom stereocenters. The number of aromatic nitrogens is 1. The number of para-hydroxylation sites is 1. The van der Waals surface area contributed by atoms with E-state index in [1.54, 1.807) is 19.0 Å². The second-order valence-electron chi connectivity index (χ2n) is 7.65. The first kappa shape index (κ1) is 23.1. The molecule has 3 aromatic rings. The summed E-state index contributed by atoms with van der Waals surface area (Å²) in [5, 5.41) is 11.1. The highest BCUT2D eigenvalue weighted by atomic mass is 16.2. The number of pyridine rings is 1. The molecule has 0 fully saturated rings. The van der Waals surface area contributed by atoms with E-state index in [-0.39, 0.29) is 5.91 Å². The van der Waals surface area contributed by atoms with Gasteiger partial charge in [-0.25, -0.2) is 4.98 Å². The van der Waals surface area contributed by atoms with Gasteiger partial charge in [-0.2, -0.15) is 0 Å². The summed E-state index contributed by atoms with van der Waals surface area (Å²) < 4.78 is 0. The number of amides is 1. The smallest absolute Gasteiger partial charge is 0.253 e. The highest BCUT2D eigenvalue weighted by Crippen LogP contribution is 2.14. The van der Waals surface area contributed by atoms with Crippen LogP contribution in [0, 0.1) is 0 Å². The Kier molecular flexibility index (Phi) is 8.43. The number of fused-ring (bicyclic) bond motifs is 1. The van der Waals surface area contributed by atoms with Gasteiger partial charge >= 0.3 is 0 Å². The molecule has 7 heteroatoms. The van der Waals surface area contributed by atoms with E-state index < -0.39 is 0 Å². The number of rotatable bonds is 9. The van der Waals surface area contributed by atoms with Crippen molar-refractivity contribution < 1.29 is 4.79 Å². The Bertz CT molecular complexity index is 1060. The van der Waals surface area contributed by atoms with Crippen molar-refractivity contribution in [2.24, 2.45) is 4.99 Å². The molecule has 7 nitrogen and oxygen atoms in total. The highest BCUT2D eigenvalue weighted by Gasteiger charge is 2.08. The van der Waals surface area contributed by atoms with Gasteiger partial charge in [-0.15, -0.1) is 0 Å². The number of nitrogens with one attached hydrogen (secondary N) is 3. The molecule has 0 spiro atoms. The van der Waals surface area contributed by atoms with E-state index in [1.165, 1.54) is 0 Å². The Morgan fingerprint density at radius 2 is 1.84 bits per heavy atom. The number of aliphatic imine (C=N–C) groups is 1. The van der Waals surface area contributed by atoms with Crippen LogP contribution in [0.5, 0.6) is 0 Å². The van der Waals surface area contributed by atoms with Crippen molar-refractivity contribution in [3.63, 3.8) is 0 Å². The monoisotopic (exact) mass is 432 g/mol. The minimum atomic E-state index is 0.0127. The van der Waals surface area contributed by atoms with Gasteiger partial charge in [0.2, 0.25) is 0 Å². The second-order valence-corrected chi connectivity index (χ2v) is 7.65. The first-order valence-corrected chi connectivity index (χ1v) is 11.0. The molecule has 168 valence electrons. The maximum Gasteiger partial charge on any atom is 0.253 e. The van der Waals surface area contributed by atoms with Crippen molar-refractivity contribution in [1.82, 2.24) is 20.5 Å². The topological polar surface area (TPSA) is 81.7 Å². The van der Waals surface area contributed by atoms with Crippen LogP contribution in [0.2, 0.25) is 0 Å². The molecule has 32 heavy (non-hydrogen) atoms. The second kappa shape index (κ2) is 11.7. The Morgan fingerprint density at radius 3 is 2.66 bits per heavy atom. The lowest BCUT2D eigenvalue weighted by atomic mass is 10.1. The molecule has 3 rings (SSSR count). The average Bonchev–Trinajstić information content (AvgIpc) is 2.81. The third-order valence-electron chi connectivity index (χ3n) is 4.92. The van der Waals surface area contributed by atoms with Gasteiger partial charge in [-0.05, 0) is 49.2 Å². The van der Waals surface area contributed by atoms with E-state index in [0.717, 1.165) is 47.8 Å². The van der Waals surface area contributed by atoms with Gasteiger partial charge in [0.15, 0.2) is 5.96 Å². The lowest BCUT2D eigenvalue weighted by molar-refractivity contribution is 0.0827. The van der Waals surface area contributed by atoms with Crippen LogP contribution in [0.3, 0.4) is 0 Å². The summed E-state index contributed by atoms with van der Waals surface area (Å²) in [4.78, 5) is 23.0. The summed E-state index contributed by atoms with van der Waals surface area (Å²) in [6.07, 6.45) is 0.768. The van der Waals surface area contributed by atoms with Gasteiger partial charge in [0, 0.05) is 51.2 Å². The zero-order chi connectivity index (χ0) is 22.8. The van der Waals surface area contributed by atoms with Crippen molar-refractivity contribution in [2.75, 3.05) is 45.6 Å². The van der Waals surface area contributed by atoms with Crippen molar-refractivity contribution in [3.05, 3.63) is 71.8 Å². The fourth-order valence-corrected chi connectivity index (χ4v) is 3.29. The number of nitrogens with zero attached hydrogens (tertiary/aromatic N) is 3. The number of hydrogen-bond acceptors (Lipinski definition) is 4. The molecule has 1 amide bonds. The van der Waals surface area contributed by atoms with Gasteiger partial charge in [0.05, 0.1) is 5.52 Å². The quantitative estimate of drug-likeness (QED) is 0.275. The molecular weight excluding hydrogens is 400 g/mol. The van der Waals surface area contributed by atoms with E-state index in [1.807, 2.05) is 55.5 Å². The number of carbonyl (C=O) groups is 1. The van der Waals surface area contributed by atoms with Crippen LogP contribution in [0.1, 0.15) is 22.8 Å². The minimum Gasteiger partial charge on any atom is -0.368 e. The van der Waals surface area contributed by atoms with Gasteiger partial charge < -0.3 is 20.9 Å². The van der Waals surface area contributed by atoms with Crippen molar-refractivity contribution in [1.29, 1.82) is 0 Å². The average molecular weight is 433 g/mol. The maximum absolute atomic E-state index is 12.1. The number of benzene rings is 2. The Hall–Kier alpha value is -3.61. The zero-order valence-electron chi connectivity index (χ0n) is 19.1. The van der Waals surface area contributed by atoms with Gasteiger partial charge in [-0.1, -0.05) is 30.3 Å². The number of hydrogen-bond donors (Lipinski definition) is 3. The van der Waals surface area contributed by atoms with Gasteiger partial charge in [-0.3, -0.25) is 9.79 Å². The van der Waals surface area contributed by atoms with Crippen LogP contribution in [-0.4, -0.2) is 62.0 Å². The van der Waals surface area contributed by atoms with Crippen LogP contribution in [0.15, 0.2) is 65.7 Å². The number of carbonyl (C=O) groups excluding carboxylic acids is 1. The predicted molar refractivity (Wildman–Crippen MR) is 132 cm³/mol. The summed E-state index contributed by atoms with van der Waals surface area (Å²) in [5.74, 6) is 1.65. The Balaban J connectivity index is 1.48. The fourth-order valence-electron chi connectivity index (χ4n) is 3.29. The lowest BCUT2D eigenvalue weighted by Crippen LogP contribution is -2.39. The molecule has 0 saturated carbocycles. The van der Waals surface area contributed by atoms with Gasteiger partial charge in [0.1, 0.15) is 5.82 Å². The van der Waals surface area contributed by atoms with Gasteiger partial charge in [0.25, 0.3) is 5.91 Å². The summed E-state index contributed by atoms with van der Waals surface area (Å²) >= 11 is 0. The Labute approximate surface area is 190 Å². The first-order chi connectivity index (χ1) is 15.6. The summed E-state index contributed by atoms with van der Waals surface area (Å²) in [6, 6.07) is 19.9. The lowest BCUT2D eigenvalue weighted by Gasteiger charge is -2.13. The van der Waals surface area contributed by atoms with E-state index in [2.05, 4.69) is 38.1 Å². The normalized spacial score (nSPS) is 11.3. The first-order valence-electron chi connectivity index (χ1n) is 11.0. The largest absolute Gasteiger partial charge is 0.368 e. The molecule has 2 aromatic carbocycles. The summed E-state index contributed by atoms with van der Waals surface area (Å²) in [5.41, 5.74) is 2.79. The molecule has 3 N–H and O–H groups in total. The standard InChI is InChI=1S/C25H32N6O/c1-4-26-25(28-15-14-19-8-7-10-21(18-19)24(32)31(2)3)29-17-16-27-23-13-12-20-9-5-6-11-22(20)30-23/h5-13,18H,4,14-17H2,1-3H3,(H,27,30)(H2,26,28,29). The molecule has 0 aliphatic rings. The third kappa shape index (κ3) is 6.70. The molecule has 0 unspecified atom stereocenters. The summed E-state index contributed by atoms with van der Waals surface area (Å²) in [6.45, 7) is 4.91.